The third kappa shape index (κ3) is 2.77. The smallest absolute Gasteiger partial charge is 0.273 e. The lowest BCUT2D eigenvalue weighted by atomic mass is 10.1. The summed E-state index contributed by atoms with van der Waals surface area (Å²) in [5.74, 6) is 0. The van der Waals surface area contributed by atoms with Crippen LogP contribution in [0.2, 0.25) is 0 Å². The fourth-order valence-electron chi connectivity index (χ4n) is 2.23. The van der Waals surface area contributed by atoms with Crippen LogP contribution in [0, 0.1) is 24.0 Å². The molecular weight excluding hydrogens is 300 g/mol. The van der Waals surface area contributed by atoms with Gasteiger partial charge in [0.05, 0.1) is 22.0 Å². The molecule has 0 saturated carbocycles. The standard InChI is InChI=1S/C12H16N2O6S/c1-7-3-9(4-10(8(7)2)14(17)18)21(19,20)13-5-11(15)12(16)6-13/h3-4,11-12,15-16H,5-6H2,1-2H3. The van der Waals surface area contributed by atoms with E-state index in [1.807, 2.05) is 0 Å². The van der Waals surface area contributed by atoms with Crippen LogP contribution in [-0.2, 0) is 10.0 Å². The van der Waals surface area contributed by atoms with Gasteiger partial charge < -0.3 is 10.2 Å². The Labute approximate surface area is 121 Å². The van der Waals surface area contributed by atoms with E-state index in [2.05, 4.69) is 0 Å². The topological polar surface area (TPSA) is 121 Å². The van der Waals surface area contributed by atoms with Crippen LogP contribution in [0.3, 0.4) is 0 Å². The summed E-state index contributed by atoms with van der Waals surface area (Å²) in [5, 5.41) is 29.9. The molecule has 1 aliphatic rings. The monoisotopic (exact) mass is 316 g/mol. The summed E-state index contributed by atoms with van der Waals surface area (Å²) in [4.78, 5) is 10.2. The largest absolute Gasteiger partial charge is 0.389 e. The average Bonchev–Trinajstić information content (AvgIpc) is 2.73. The van der Waals surface area contributed by atoms with E-state index in [1.54, 1.807) is 13.8 Å². The Kier molecular flexibility index (Phi) is 4.02. The SMILES string of the molecule is Cc1cc(S(=O)(=O)N2CC(O)C(O)C2)cc([N+](=O)[O-])c1C. The maximum Gasteiger partial charge on any atom is 0.273 e. The Morgan fingerprint density at radius 3 is 2.24 bits per heavy atom. The molecule has 2 N–H and O–H groups in total. The third-order valence-electron chi connectivity index (χ3n) is 3.67. The lowest BCUT2D eigenvalue weighted by molar-refractivity contribution is -0.385. The molecule has 9 heteroatoms. The molecule has 2 atom stereocenters. The van der Waals surface area contributed by atoms with Crippen molar-refractivity contribution in [1.29, 1.82) is 0 Å². The molecule has 8 nitrogen and oxygen atoms in total. The summed E-state index contributed by atoms with van der Waals surface area (Å²) in [7, 11) is -3.99. The number of aliphatic hydroxyl groups is 2. The number of sulfonamides is 1. The number of nitro benzene ring substituents is 1. The normalized spacial score (nSPS) is 23.4. The molecule has 0 aliphatic carbocycles. The number of hydrogen-bond donors (Lipinski definition) is 2. The van der Waals surface area contributed by atoms with Gasteiger partial charge in [0.25, 0.3) is 5.69 Å². The molecule has 2 unspecified atom stereocenters. The maximum absolute atomic E-state index is 12.4. The predicted molar refractivity (Wildman–Crippen MR) is 73.3 cm³/mol. The predicted octanol–water partition coefficient (Wildman–Crippen LogP) is -0.0623. The van der Waals surface area contributed by atoms with Gasteiger partial charge in [-0.3, -0.25) is 10.1 Å². The zero-order valence-corrected chi connectivity index (χ0v) is 12.4. The van der Waals surface area contributed by atoms with Crippen molar-refractivity contribution in [2.45, 2.75) is 31.0 Å². The number of aryl methyl sites for hydroxylation is 1. The van der Waals surface area contributed by atoms with E-state index in [0.717, 1.165) is 10.4 Å². The number of nitro groups is 1. The molecule has 0 aromatic heterocycles. The third-order valence-corrected chi connectivity index (χ3v) is 5.48. The van der Waals surface area contributed by atoms with Crippen molar-refractivity contribution in [2.24, 2.45) is 0 Å². The lowest BCUT2D eigenvalue weighted by Crippen LogP contribution is -2.30. The van der Waals surface area contributed by atoms with Crippen molar-refractivity contribution in [3.05, 3.63) is 33.4 Å². The molecule has 1 aliphatic heterocycles. The van der Waals surface area contributed by atoms with E-state index >= 15 is 0 Å². The summed E-state index contributed by atoms with van der Waals surface area (Å²) in [5.41, 5.74) is 0.623. The second-order valence-corrected chi connectivity index (χ2v) is 7.04. The molecule has 1 aromatic rings. The van der Waals surface area contributed by atoms with Gasteiger partial charge in [-0.1, -0.05) is 0 Å². The van der Waals surface area contributed by atoms with E-state index in [1.165, 1.54) is 6.07 Å². The summed E-state index contributed by atoms with van der Waals surface area (Å²) in [6.45, 7) is 2.68. The van der Waals surface area contributed by atoms with Gasteiger partial charge in [-0.05, 0) is 25.5 Å². The van der Waals surface area contributed by atoms with Gasteiger partial charge in [0.2, 0.25) is 10.0 Å². The summed E-state index contributed by atoms with van der Waals surface area (Å²) < 4.78 is 25.8. The molecule has 1 saturated heterocycles. The molecule has 116 valence electrons. The van der Waals surface area contributed by atoms with Crippen LogP contribution < -0.4 is 0 Å². The first-order valence-electron chi connectivity index (χ1n) is 6.26. The molecule has 2 rings (SSSR count). The molecule has 1 aromatic carbocycles. The minimum Gasteiger partial charge on any atom is -0.389 e. The van der Waals surface area contributed by atoms with E-state index < -0.39 is 27.2 Å². The van der Waals surface area contributed by atoms with Crippen molar-refractivity contribution in [1.82, 2.24) is 4.31 Å². The van der Waals surface area contributed by atoms with E-state index in [9.17, 15) is 28.7 Å². The van der Waals surface area contributed by atoms with Crippen molar-refractivity contribution >= 4 is 15.7 Å². The van der Waals surface area contributed by atoms with Crippen LogP contribution in [0.15, 0.2) is 17.0 Å². The first-order valence-corrected chi connectivity index (χ1v) is 7.70. The second kappa shape index (κ2) is 5.34. The fraction of sp³-hybridized carbons (Fsp3) is 0.500. The van der Waals surface area contributed by atoms with Gasteiger partial charge in [-0.2, -0.15) is 4.31 Å². The Morgan fingerprint density at radius 2 is 1.76 bits per heavy atom. The Hall–Kier alpha value is -1.55. The minimum atomic E-state index is -3.99. The summed E-state index contributed by atoms with van der Waals surface area (Å²) >= 11 is 0. The molecule has 21 heavy (non-hydrogen) atoms. The molecule has 1 heterocycles. The summed E-state index contributed by atoms with van der Waals surface area (Å²) in [6.07, 6.45) is -2.30. The van der Waals surface area contributed by atoms with Gasteiger partial charge in [-0.15, -0.1) is 0 Å². The van der Waals surface area contributed by atoms with Gasteiger partial charge in [-0.25, -0.2) is 8.42 Å². The van der Waals surface area contributed by atoms with Crippen molar-refractivity contribution in [2.75, 3.05) is 13.1 Å². The van der Waals surface area contributed by atoms with Crippen molar-refractivity contribution in [3.63, 3.8) is 0 Å². The summed E-state index contributed by atoms with van der Waals surface area (Å²) in [6, 6.07) is 2.36. The highest BCUT2D eigenvalue weighted by Gasteiger charge is 2.38. The van der Waals surface area contributed by atoms with Crippen LogP contribution in [0.1, 0.15) is 11.1 Å². The average molecular weight is 316 g/mol. The van der Waals surface area contributed by atoms with Crippen LogP contribution in [0.4, 0.5) is 5.69 Å². The van der Waals surface area contributed by atoms with Crippen LogP contribution in [-0.4, -0.2) is 53.2 Å². The molecular formula is C12H16N2O6S. The van der Waals surface area contributed by atoms with Gasteiger partial charge in [0.1, 0.15) is 0 Å². The van der Waals surface area contributed by atoms with Crippen LogP contribution in [0.25, 0.3) is 0 Å². The van der Waals surface area contributed by atoms with Crippen molar-refractivity contribution < 1.29 is 23.6 Å². The Morgan fingerprint density at radius 1 is 1.24 bits per heavy atom. The van der Waals surface area contributed by atoms with E-state index in [-0.39, 0.29) is 23.7 Å². The first kappa shape index (κ1) is 15.8. The zero-order valence-electron chi connectivity index (χ0n) is 11.6. The molecule has 0 bridgehead atoms. The highest BCUT2D eigenvalue weighted by atomic mass is 32.2. The van der Waals surface area contributed by atoms with E-state index in [4.69, 9.17) is 0 Å². The highest BCUT2D eigenvalue weighted by molar-refractivity contribution is 7.89. The molecule has 0 amide bonds. The van der Waals surface area contributed by atoms with E-state index in [0.29, 0.717) is 11.1 Å². The molecule has 0 spiro atoms. The maximum atomic E-state index is 12.4. The number of nitrogens with zero attached hydrogens (tertiary/aromatic N) is 2. The minimum absolute atomic E-state index is 0.210. The number of aliphatic hydroxyl groups excluding tert-OH is 2. The lowest BCUT2D eigenvalue weighted by Gasteiger charge is -2.16. The zero-order chi connectivity index (χ0) is 15.9. The fourth-order valence-corrected chi connectivity index (χ4v) is 3.81. The number of hydrogen-bond acceptors (Lipinski definition) is 6. The van der Waals surface area contributed by atoms with Gasteiger partial charge in [0.15, 0.2) is 0 Å². The quantitative estimate of drug-likeness (QED) is 0.595. The number of β-amino-alcohol motifs (C(OH)–C–C–N with tert-alkyl or cyclic N) is 2. The Bertz CT molecular complexity index is 677. The molecule has 0 radical (unpaired) electrons. The van der Waals surface area contributed by atoms with Crippen LogP contribution in [0.5, 0.6) is 0 Å². The second-order valence-electron chi connectivity index (χ2n) is 5.10. The number of rotatable bonds is 3. The molecule has 1 fully saturated rings. The Balaban J connectivity index is 2.49. The first-order chi connectivity index (χ1) is 9.64. The van der Waals surface area contributed by atoms with Crippen LogP contribution >= 0.6 is 0 Å². The van der Waals surface area contributed by atoms with Gasteiger partial charge >= 0.3 is 0 Å². The highest BCUT2D eigenvalue weighted by Crippen LogP contribution is 2.29. The van der Waals surface area contributed by atoms with Crippen molar-refractivity contribution in [3.8, 4) is 0 Å². The van der Waals surface area contributed by atoms with Gasteiger partial charge in [0, 0.05) is 24.7 Å². The number of benzene rings is 1.